The molecule has 0 spiro atoms. The summed E-state index contributed by atoms with van der Waals surface area (Å²) in [5, 5.41) is 3.40. The third-order valence-corrected chi connectivity index (χ3v) is 2.25. The molecule has 0 atom stereocenters. The Kier molecular flexibility index (Phi) is 3.01. The van der Waals surface area contributed by atoms with E-state index in [4.69, 9.17) is 9.47 Å². The minimum absolute atomic E-state index is 0.479. The van der Waals surface area contributed by atoms with E-state index in [2.05, 4.69) is 23.5 Å². The molecule has 1 aromatic rings. The highest BCUT2D eigenvalue weighted by Crippen LogP contribution is 2.15. The van der Waals surface area contributed by atoms with Gasteiger partial charge in [-0.3, -0.25) is 0 Å². The molecular weight excluding hydrogens is 178 g/mol. The Morgan fingerprint density at radius 3 is 3.00 bits per heavy atom. The molecule has 0 saturated carbocycles. The first kappa shape index (κ1) is 9.49. The molecule has 1 N–H and O–H groups in total. The molecule has 0 aliphatic carbocycles. The Morgan fingerprint density at radius 1 is 1.50 bits per heavy atom. The summed E-state index contributed by atoms with van der Waals surface area (Å²) in [5.74, 6) is 0. The zero-order valence-electron chi connectivity index (χ0n) is 8.32. The van der Waals surface area contributed by atoms with Crippen molar-refractivity contribution >= 4 is 5.69 Å². The van der Waals surface area contributed by atoms with Gasteiger partial charge >= 0.3 is 0 Å². The molecule has 0 bridgehead atoms. The van der Waals surface area contributed by atoms with Crippen LogP contribution < -0.4 is 5.32 Å². The van der Waals surface area contributed by atoms with E-state index in [-0.39, 0.29) is 0 Å². The Bertz CT molecular complexity index is 297. The van der Waals surface area contributed by atoms with E-state index in [0.717, 1.165) is 18.9 Å². The van der Waals surface area contributed by atoms with Gasteiger partial charge in [0, 0.05) is 12.8 Å². The van der Waals surface area contributed by atoms with Gasteiger partial charge in [0.05, 0.1) is 25.9 Å². The van der Waals surface area contributed by atoms with Crippen LogP contribution in [0.3, 0.4) is 0 Å². The molecule has 0 unspecified atom stereocenters. The van der Waals surface area contributed by atoms with Crippen LogP contribution in [0.25, 0.3) is 0 Å². The SMILES string of the molecule is COCc1cccc(NC2COC2)c1. The second kappa shape index (κ2) is 4.44. The lowest BCUT2D eigenvalue weighted by Crippen LogP contribution is -2.40. The number of benzene rings is 1. The van der Waals surface area contributed by atoms with E-state index >= 15 is 0 Å². The van der Waals surface area contributed by atoms with E-state index in [0.29, 0.717) is 12.6 Å². The molecule has 0 radical (unpaired) electrons. The predicted molar refractivity (Wildman–Crippen MR) is 55.4 cm³/mol. The molecule has 1 aliphatic rings. The lowest BCUT2D eigenvalue weighted by molar-refractivity contribution is 0.0211. The van der Waals surface area contributed by atoms with Gasteiger partial charge in [-0.15, -0.1) is 0 Å². The quantitative estimate of drug-likeness (QED) is 0.788. The minimum atomic E-state index is 0.479. The highest BCUT2D eigenvalue weighted by atomic mass is 16.5. The molecule has 1 aromatic carbocycles. The minimum Gasteiger partial charge on any atom is -0.380 e. The van der Waals surface area contributed by atoms with E-state index in [1.165, 1.54) is 5.56 Å². The molecule has 0 amide bonds. The highest BCUT2D eigenvalue weighted by Gasteiger charge is 2.17. The van der Waals surface area contributed by atoms with Crippen LogP contribution in [0.2, 0.25) is 0 Å². The fourth-order valence-corrected chi connectivity index (χ4v) is 1.47. The van der Waals surface area contributed by atoms with Crippen LogP contribution in [-0.2, 0) is 16.1 Å². The van der Waals surface area contributed by atoms with Gasteiger partial charge in [0.1, 0.15) is 0 Å². The molecular formula is C11H15NO2. The van der Waals surface area contributed by atoms with Gasteiger partial charge in [-0.25, -0.2) is 0 Å². The zero-order valence-corrected chi connectivity index (χ0v) is 8.32. The van der Waals surface area contributed by atoms with Gasteiger partial charge < -0.3 is 14.8 Å². The number of methoxy groups -OCH3 is 1. The smallest absolute Gasteiger partial charge is 0.0728 e. The maximum Gasteiger partial charge on any atom is 0.0728 e. The molecule has 1 heterocycles. The standard InChI is InChI=1S/C11H15NO2/c1-13-6-9-3-2-4-10(5-9)12-11-7-14-8-11/h2-5,11-12H,6-8H2,1H3. The molecule has 1 aliphatic heterocycles. The van der Waals surface area contributed by atoms with Crippen molar-refractivity contribution in [2.24, 2.45) is 0 Å². The molecule has 3 nitrogen and oxygen atoms in total. The second-order valence-electron chi connectivity index (χ2n) is 3.51. The topological polar surface area (TPSA) is 30.5 Å². The fraction of sp³-hybridized carbons (Fsp3) is 0.455. The summed E-state index contributed by atoms with van der Waals surface area (Å²) in [7, 11) is 1.71. The Hall–Kier alpha value is -1.06. The van der Waals surface area contributed by atoms with Crippen molar-refractivity contribution in [1.82, 2.24) is 0 Å². The highest BCUT2D eigenvalue weighted by molar-refractivity contribution is 5.46. The van der Waals surface area contributed by atoms with Gasteiger partial charge in [-0.1, -0.05) is 12.1 Å². The number of rotatable bonds is 4. The average molecular weight is 193 g/mol. The summed E-state index contributed by atoms with van der Waals surface area (Å²) in [6, 6.07) is 8.76. The molecule has 3 heteroatoms. The van der Waals surface area contributed by atoms with Crippen LogP contribution in [0.4, 0.5) is 5.69 Å². The van der Waals surface area contributed by atoms with Crippen molar-refractivity contribution < 1.29 is 9.47 Å². The van der Waals surface area contributed by atoms with Gasteiger partial charge in [-0.05, 0) is 17.7 Å². The van der Waals surface area contributed by atoms with Crippen molar-refractivity contribution in [3.05, 3.63) is 29.8 Å². The van der Waals surface area contributed by atoms with Crippen LogP contribution in [0, 0.1) is 0 Å². The summed E-state index contributed by atoms with van der Waals surface area (Å²) in [6.45, 7) is 2.29. The van der Waals surface area contributed by atoms with E-state index in [1.54, 1.807) is 7.11 Å². The summed E-state index contributed by atoms with van der Waals surface area (Å²) in [5.41, 5.74) is 2.34. The van der Waals surface area contributed by atoms with Crippen molar-refractivity contribution in [2.75, 3.05) is 25.6 Å². The van der Waals surface area contributed by atoms with Gasteiger partial charge in [0.2, 0.25) is 0 Å². The van der Waals surface area contributed by atoms with Crippen molar-refractivity contribution in [3.8, 4) is 0 Å². The normalized spacial score (nSPS) is 16.4. The maximum absolute atomic E-state index is 5.10. The molecule has 2 rings (SSSR count). The predicted octanol–water partition coefficient (Wildman–Crippen LogP) is 1.64. The second-order valence-corrected chi connectivity index (χ2v) is 3.51. The summed E-state index contributed by atoms with van der Waals surface area (Å²) >= 11 is 0. The monoisotopic (exact) mass is 193 g/mol. The van der Waals surface area contributed by atoms with E-state index in [1.807, 2.05) is 6.07 Å². The van der Waals surface area contributed by atoms with E-state index < -0.39 is 0 Å². The summed E-state index contributed by atoms with van der Waals surface area (Å²) in [4.78, 5) is 0. The van der Waals surface area contributed by atoms with Crippen molar-refractivity contribution in [1.29, 1.82) is 0 Å². The third kappa shape index (κ3) is 2.25. The van der Waals surface area contributed by atoms with Crippen LogP contribution >= 0.6 is 0 Å². The lowest BCUT2D eigenvalue weighted by Gasteiger charge is -2.27. The summed E-state index contributed by atoms with van der Waals surface area (Å²) in [6.07, 6.45) is 0. The van der Waals surface area contributed by atoms with Crippen molar-refractivity contribution in [3.63, 3.8) is 0 Å². The Labute approximate surface area is 84.0 Å². The first-order valence-electron chi connectivity index (χ1n) is 4.80. The van der Waals surface area contributed by atoms with Crippen LogP contribution in [0.1, 0.15) is 5.56 Å². The molecule has 76 valence electrons. The Balaban J connectivity index is 1.97. The van der Waals surface area contributed by atoms with Crippen LogP contribution in [0.5, 0.6) is 0 Å². The van der Waals surface area contributed by atoms with Gasteiger partial charge in [0.15, 0.2) is 0 Å². The molecule has 0 aromatic heterocycles. The average Bonchev–Trinajstić information content (AvgIpc) is 2.13. The number of hydrogen-bond donors (Lipinski definition) is 1. The zero-order chi connectivity index (χ0) is 9.80. The molecule has 1 fully saturated rings. The van der Waals surface area contributed by atoms with Gasteiger partial charge in [-0.2, -0.15) is 0 Å². The number of anilines is 1. The third-order valence-electron chi connectivity index (χ3n) is 2.25. The first-order valence-corrected chi connectivity index (χ1v) is 4.80. The number of ether oxygens (including phenoxy) is 2. The van der Waals surface area contributed by atoms with Crippen LogP contribution in [-0.4, -0.2) is 26.4 Å². The number of nitrogens with one attached hydrogen (secondary N) is 1. The Morgan fingerprint density at radius 2 is 2.36 bits per heavy atom. The summed E-state index contributed by atoms with van der Waals surface area (Å²) < 4.78 is 10.2. The fourth-order valence-electron chi connectivity index (χ4n) is 1.47. The lowest BCUT2D eigenvalue weighted by atomic mass is 10.2. The largest absolute Gasteiger partial charge is 0.380 e. The molecule has 14 heavy (non-hydrogen) atoms. The van der Waals surface area contributed by atoms with Crippen molar-refractivity contribution in [2.45, 2.75) is 12.6 Å². The first-order chi connectivity index (χ1) is 6.88. The maximum atomic E-state index is 5.10. The van der Waals surface area contributed by atoms with Crippen LogP contribution in [0.15, 0.2) is 24.3 Å². The number of hydrogen-bond acceptors (Lipinski definition) is 3. The van der Waals surface area contributed by atoms with Gasteiger partial charge in [0.25, 0.3) is 0 Å². The molecule has 1 saturated heterocycles. The van der Waals surface area contributed by atoms with E-state index in [9.17, 15) is 0 Å².